The number of aromatic amines is 1. The van der Waals surface area contributed by atoms with Gasteiger partial charge in [0.25, 0.3) is 0 Å². The van der Waals surface area contributed by atoms with Crippen molar-refractivity contribution in [3.05, 3.63) is 47.1 Å². The fraction of sp³-hybridized carbons (Fsp3) is 0.188. The average Bonchev–Trinajstić information content (AvgIpc) is 3.12. The van der Waals surface area contributed by atoms with Gasteiger partial charge in [0, 0.05) is 29.6 Å². The Bertz CT molecular complexity index is 827. The Kier molecular flexibility index (Phi) is 3.94. The highest BCUT2D eigenvalue weighted by Crippen LogP contribution is 2.30. The number of benzene rings is 1. The molecule has 5 nitrogen and oxygen atoms in total. The number of hydrogen-bond donors (Lipinski definition) is 1. The molecule has 3 aromatic rings. The maximum Gasteiger partial charge on any atom is 0.247 e. The Balaban J connectivity index is 2.05. The zero-order valence-corrected chi connectivity index (χ0v) is 12.7. The van der Waals surface area contributed by atoms with E-state index in [1.54, 1.807) is 18.3 Å². The maximum absolute atomic E-state index is 8.81. The Morgan fingerprint density at radius 1 is 1.27 bits per heavy atom. The molecular weight excluding hydrogens is 300 g/mol. The highest BCUT2D eigenvalue weighted by molar-refractivity contribution is 6.30. The quantitative estimate of drug-likeness (QED) is 0.785. The van der Waals surface area contributed by atoms with Crippen LogP contribution in [0.1, 0.15) is 18.0 Å². The molecule has 0 saturated carbocycles. The molecule has 0 aliphatic rings. The summed E-state index contributed by atoms with van der Waals surface area (Å²) in [5.74, 6) is 1.92. The molecule has 0 amide bonds. The fourth-order valence-corrected chi connectivity index (χ4v) is 2.29. The van der Waals surface area contributed by atoms with Crippen molar-refractivity contribution in [3.8, 4) is 28.9 Å². The summed E-state index contributed by atoms with van der Waals surface area (Å²) in [6.45, 7) is 1.86. The van der Waals surface area contributed by atoms with Gasteiger partial charge >= 0.3 is 0 Å². The third-order valence-electron chi connectivity index (χ3n) is 3.20. The first-order valence-electron chi connectivity index (χ1n) is 6.82. The van der Waals surface area contributed by atoms with Crippen LogP contribution in [0.3, 0.4) is 0 Å². The summed E-state index contributed by atoms with van der Waals surface area (Å²) in [6, 6.07) is 9.50. The van der Waals surface area contributed by atoms with E-state index < -0.39 is 0 Å². The van der Waals surface area contributed by atoms with Crippen molar-refractivity contribution in [1.82, 2.24) is 15.0 Å². The maximum atomic E-state index is 8.81. The summed E-state index contributed by atoms with van der Waals surface area (Å²) >= 11 is 5.93. The van der Waals surface area contributed by atoms with Crippen molar-refractivity contribution < 1.29 is 4.42 Å². The van der Waals surface area contributed by atoms with Gasteiger partial charge in [-0.25, -0.2) is 9.97 Å². The molecule has 110 valence electrons. The van der Waals surface area contributed by atoms with Gasteiger partial charge < -0.3 is 9.40 Å². The molecule has 22 heavy (non-hydrogen) atoms. The van der Waals surface area contributed by atoms with Crippen LogP contribution in [0.4, 0.5) is 0 Å². The molecule has 0 bridgehead atoms. The van der Waals surface area contributed by atoms with Gasteiger partial charge in [0.15, 0.2) is 0 Å². The van der Waals surface area contributed by atoms with Crippen LogP contribution in [0.25, 0.3) is 22.8 Å². The highest BCUT2D eigenvalue weighted by Gasteiger charge is 2.17. The number of H-pyrrole nitrogens is 1. The minimum absolute atomic E-state index is 0.370. The van der Waals surface area contributed by atoms with Crippen molar-refractivity contribution in [3.63, 3.8) is 0 Å². The van der Waals surface area contributed by atoms with Gasteiger partial charge in [-0.15, -0.1) is 0 Å². The molecule has 0 spiro atoms. The summed E-state index contributed by atoms with van der Waals surface area (Å²) in [5, 5.41) is 9.47. The van der Waals surface area contributed by atoms with Crippen LogP contribution in [-0.2, 0) is 6.42 Å². The molecule has 0 radical (unpaired) electrons. The summed E-state index contributed by atoms with van der Waals surface area (Å²) in [4.78, 5) is 11.9. The van der Waals surface area contributed by atoms with Crippen LogP contribution < -0.4 is 0 Å². The number of aryl methyl sites for hydroxylation is 2. The fourth-order valence-electron chi connectivity index (χ4n) is 2.16. The van der Waals surface area contributed by atoms with Crippen molar-refractivity contribution >= 4 is 11.6 Å². The van der Waals surface area contributed by atoms with Gasteiger partial charge in [-0.3, -0.25) is 0 Å². The molecule has 0 fully saturated rings. The number of rotatable bonds is 4. The molecule has 0 aliphatic carbocycles. The number of halogens is 1. The smallest absolute Gasteiger partial charge is 0.247 e. The molecule has 0 atom stereocenters. The number of nitrogens with zero attached hydrogens (tertiary/aromatic N) is 3. The first-order valence-corrected chi connectivity index (χ1v) is 7.20. The molecule has 0 unspecified atom stereocenters. The second-order valence-corrected chi connectivity index (χ2v) is 5.26. The first kappa shape index (κ1) is 14.4. The van der Waals surface area contributed by atoms with Crippen molar-refractivity contribution in [2.24, 2.45) is 0 Å². The predicted octanol–water partition coefficient (Wildman–Crippen LogP) is 4.15. The van der Waals surface area contributed by atoms with Gasteiger partial charge in [0.2, 0.25) is 5.89 Å². The second-order valence-electron chi connectivity index (χ2n) is 4.83. The zero-order chi connectivity index (χ0) is 15.5. The van der Waals surface area contributed by atoms with E-state index in [0.29, 0.717) is 35.2 Å². The van der Waals surface area contributed by atoms with Gasteiger partial charge in [-0.1, -0.05) is 23.7 Å². The van der Waals surface area contributed by atoms with Crippen molar-refractivity contribution in [1.29, 1.82) is 5.26 Å². The van der Waals surface area contributed by atoms with Gasteiger partial charge in [-0.05, 0) is 19.1 Å². The molecule has 6 heteroatoms. The normalized spacial score (nSPS) is 10.6. The number of hydrogen-bond acceptors (Lipinski definition) is 4. The van der Waals surface area contributed by atoms with E-state index in [-0.39, 0.29) is 0 Å². The Morgan fingerprint density at radius 3 is 2.68 bits per heavy atom. The van der Waals surface area contributed by atoms with Crippen molar-refractivity contribution in [2.45, 2.75) is 19.8 Å². The topological polar surface area (TPSA) is 78.5 Å². The van der Waals surface area contributed by atoms with Crippen molar-refractivity contribution in [2.75, 3.05) is 0 Å². The molecule has 1 aromatic carbocycles. The number of imidazole rings is 1. The molecule has 2 heterocycles. The number of oxazole rings is 1. The number of nitriles is 1. The molecule has 1 N–H and O–H groups in total. The van der Waals surface area contributed by atoms with E-state index in [2.05, 4.69) is 21.0 Å². The van der Waals surface area contributed by atoms with Crippen LogP contribution in [-0.4, -0.2) is 15.0 Å². The zero-order valence-electron chi connectivity index (χ0n) is 11.9. The molecular formula is C16H13ClN4O. The monoisotopic (exact) mass is 312 g/mol. The second kappa shape index (κ2) is 6.04. The predicted molar refractivity (Wildman–Crippen MR) is 83.2 cm³/mol. The lowest BCUT2D eigenvalue weighted by atomic mass is 10.1. The lowest BCUT2D eigenvalue weighted by Gasteiger charge is -1.99. The Labute approximate surface area is 132 Å². The first-order chi connectivity index (χ1) is 10.7. The molecule has 0 saturated heterocycles. The van der Waals surface area contributed by atoms with Gasteiger partial charge in [-0.2, -0.15) is 5.26 Å². The molecule has 2 aromatic heterocycles. The Morgan fingerprint density at radius 2 is 2.05 bits per heavy atom. The van der Waals surface area contributed by atoms with Crippen LogP contribution in [0.2, 0.25) is 5.02 Å². The minimum Gasteiger partial charge on any atom is -0.439 e. The van der Waals surface area contributed by atoms with E-state index in [4.69, 9.17) is 21.3 Å². The van der Waals surface area contributed by atoms with Gasteiger partial charge in [0.05, 0.1) is 6.07 Å². The molecule has 0 aliphatic heterocycles. The van der Waals surface area contributed by atoms with E-state index >= 15 is 0 Å². The summed E-state index contributed by atoms with van der Waals surface area (Å²) in [6.07, 6.45) is 2.63. The SMILES string of the molecule is Cc1nc(-c2nc(-c3ccc(Cl)cc3)c(CCC#N)o2)c[nH]1. The minimum atomic E-state index is 0.370. The van der Waals surface area contributed by atoms with Gasteiger partial charge in [0.1, 0.15) is 23.0 Å². The van der Waals surface area contributed by atoms with Crippen LogP contribution >= 0.6 is 11.6 Å². The van der Waals surface area contributed by atoms with Crippen LogP contribution in [0.5, 0.6) is 0 Å². The largest absolute Gasteiger partial charge is 0.439 e. The number of nitrogens with one attached hydrogen (secondary N) is 1. The molecule has 3 rings (SSSR count). The lowest BCUT2D eigenvalue weighted by molar-refractivity contribution is 0.518. The van der Waals surface area contributed by atoms with Crippen LogP contribution in [0.15, 0.2) is 34.9 Å². The standard InChI is InChI=1S/C16H13ClN4O/c1-10-19-9-13(20-10)16-21-15(14(22-16)3-2-8-18)11-4-6-12(17)7-5-11/h4-7,9H,2-3H2,1H3,(H,19,20). The third-order valence-corrected chi connectivity index (χ3v) is 3.46. The summed E-state index contributed by atoms with van der Waals surface area (Å²) in [7, 11) is 0. The van der Waals surface area contributed by atoms with E-state index in [1.807, 2.05) is 19.1 Å². The third kappa shape index (κ3) is 2.87. The Hall–Kier alpha value is -2.58. The summed E-state index contributed by atoms with van der Waals surface area (Å²) in [5.41, 5.74) is 2.28. The average molecular weight is 313 g/mol. The number of aromatic nitrogens is 3. The lowest BCUT2D eigenvalue weighted by Crippen LogP contribution is -1.86. The van der Waals surface area contributed by atoms with E-state index in [1.165, 1.54) is 0 Å². The van der Waals surface area contributed by atoms with Crippen LogP contribution in [0, 0.1) is 18.3 Å². The van der Waals surface area contributed by atoms with E-state index in [9.17, 15) is 0 Å². The summed E-state index contributed by atoms with van der Waals surface area (Å²) < 4.78 is 5.82. The van der Waals surface area contributed by atoms with E-state index in [0.717, 1.165) is 17.1 Å². The highest BCUT2D eigenvalue weighted by atomic mass is 35.5.